The molecular formula is C13H9ClN4S. The summed E-state index contributed by atoms with van der Waals surface area (Å²) in [6.07, 6.45) is 1.56. The number of benzene rings is 1. The van der Waals surface area contributed by atoms with Crippen molar-refractivity contribution in [2.75, 3.05) is 0 Å². The van der Waals surface area contributed by atoms with Crippen LogP contribution < -0.4 is 0 Å². The molecule has 6 heteroatoms. The Morgan fingerprint density at radius 1 is 1.11 bits per heavy atom. The zero-order valence-corrected chi connectivity index (χ0v) is 11.6. The van der Waals surface area contributed by atoms with Gasteiger partial charge in [0, 0.05) is 11.1 Å². The zero-order valence-electron chi connectivity index (χ0n) is 10.0. The molecule has 19 heavy (non-hydrogen) atoms. The van der Waals surface area contributed by atoms with Gasteiger partial charge in [0.1, 0.15) is 16.4 Å². The summed E-state index contributed by atoms with van der Waals surface area (Å²) in [6.45, 7) is 1.88. The number of hydrogen-bond acceptors (Lipinski definition) is 5. The third-order valence-electron chi connectivity index (χ3n) is 2.51. The largest absolute Gasteiger partial charge is 0.236 e. The van der Waals surface area contributed by atoms with Crippen molar-refractivity contribution in [2.24, 2.45) is 0 Å². The maximum atomic E-state index is 5.87. The average molecular weight is 289 g/mol. The topological polar surface area (TPSA) is 51.6 Å². The second-order valence-electron chi connectivity index (χ2n) is 3.91. The maximum absolute atomic E-state index is 5.87. The minimum atomic E-state index is 0.251. The van der Waals surface area contributed by atoms with Crippen LogP contribution in [0.25, 0.3) is 10.9 Å². The normalized spacial score (nSPS) is 10.8. The Balaban J connectivity index is 2.05. The minimum absolute atomic E-state index is 0.251. The number of rotatable bonds is 2. The predicted molar refractivity (Wildman–Crippen MR) is 75.4 cm³/mol. The fraction of sp³-hybridized carbons (Fsp3) is 0.0769. The first kappa shape index (κ1) is 12.3. The quantitative estimate of drug-likeness (QED) is 0.533. The van der Waals surface area contributed by atoms with Gasteiger partial charge in [0.2, 0.25) is 5.28 Å². The van der Waals surface area contributed by atoms with E-state index in [-0.39, 0.29) is 5.28 Å². The Morgan fingerprint density at radius 2 is 1.95 bits per heavy atom. The molecule has 0 bridgehead atoms. The fourth-order valence-corrected chi connectivity index (χ4v) is 2.93. The van der Waals surface area contributed by atoms with Crippen molar-refractivity contribution in [1.29, 1.82) is 0 Å². The van der Waals surface area contributed by atoms with Crippen LogP contribution in [0.1, 0.15) is 5.69 Å². The summed E-state index contributed by atoms with van der Waals surface area (Å²) in [7, 11) is 0. The van der Waals surface area contributed by atoms with Crippen LogP contribution in [-0.4, -0.2) is 19.9 Å². The van der Waals surface area contributed by atoms with Crippen LogP contribution in [-0.2, 0) is 0 Å². The van der Waals surface area contributed by atoms with Gasteiger partial charge in [0.05, 0.1) is 5.52 Å². The number of halogens is 1. The maximum Gasteiger partial charge on any atom is 0.223 e. The van der Waals surface area contributed by atoms with E-state index < -0.39 is 0 Å². The minimum Gasteiger partial charge on any atom is -0.236 e. The standard InChI is InChI=1S/C13H9ClN4S/c1-8-6-11(18-13(14)17-8)19-12-9-4-2-3-5-10(9)15-7-16-12/h2-7H,1H3. The molecule has 0 unspecified atom stereocenters. The van der Waals surface area contributed by atoms with E-state index in [1.807, 2.05) is 37.3 Å². The summed E-state index contributed by atoms with van der Waals surface area (Å²) in [4.78, 5) is 16.8. The Morgan fingerprint density at radius 3 is 2.79 bits per heavy atom. The van der Waals surface area contributed by atoms with Crippen molar-refractivity contribution in [2.45, 2.75) is 17.0 Å². The lowest BCUT2D eigenvalue weighted by atomic mass is 10.2. The van der Waals surface area contributed by atoms with E-state index in [9.17, 15) is 0 Å². The first-order chi connectivity index (χ1) is 9.22. The van der Waals surface area contributed by atoms with Gasteiger partial charge in [-0.15, -0.1) is 0 Å². The SMILES string of the molecule is Cc1cc(Sc2ncnc3ccccc23)nc(Cl)n1. The van der Waals surface area contributed by atoms with Crippen molar-refractivity contribution in [3.63, 3.8) is 0 Å². The number of para-hydroxylation sites is 1. The first-order valence-corrected chi connectivity index (χ1v) is 6.80. The van der Waals surface area contributed by atoms with Crippen LogP contribution in [0.2, 0.25) is 5.28 Å². The summed E-state index contributed by atoms with van der Waals surface area (Å²) >= 11 is 7.33. The van der Waals surface area contributed by atoms with Crippen LogP contribution >= 0.6 is 23.4 Å². The van der Waals surface area contributed by atoms with Crippen LogP contribution in [0.4, 0.5) is 0 Å². The second kappa shape index (κ2) is 5.11. The summed E-state index contributed by atoms with van der Waals surface area (Å²) in [6, 6.07) is 9.75. The monoisotopic (exact) mass is 288 g/mol. The molecule has 4 nitrogen and oxygen atoms in total. The van der Waals surface area contributed by atoms with E-state index in [1.165, 1.54) is 11.8 Å². The highest BCUT2D eigenvalue weighted by Crippen LogP contribution is 2.30. The van der Waals surface area contributed by atoms with Crippen LogP contribution in [0.3, 0.4) is 0 Å². The van der Waals surface area contributed by atoms with Gasteiger partial charge in [-0.2, -0.15) is 0 Å². The molecule has 0 spiro atoms. The predicted octanol–water partition coefficient (Wildman–Crippen LogP) is 3.53. The molecule has 3 aromatic rings. The Kier molecular flexibility index (Phi) is 3.31. The van der Waals surface area contributed by atoms with Crippen LogP contribution in [0, 0.1) is 6.92 Å². The van der Waals surface area contributed by atoms with E-state index in [0.717, 1.165) is 26.6 Å². The van der Waals surface area contributed by atoms with Crippen molar-refractivity contribution < 1.29 is 0 Å². The highest BCUT2D eigenvalue weighted by molar-refractivity contribution is 7.99. The van der Waals surface area contributed by atoms with Crippen LogP contribution in [0.15, 0.2) is 46.7 Å². The Labute approximate surface area is 119 Å². The lowest BCUT2D eigenvalue weighted by Gasteiger charge is -2.04. The lowest BCUT2D eigenvalue weighted by Crippen LogP contribution is -1.91. The Bertz CT molecular complexity index is 722. The molecule has 0 fully saturated rings. The number of aryl methyl sites for hydroxylation is 1. The number of fused-ring (bicyclic) bond motifs is 1. The molecule has 2 heterocycles. The fourth-order valence-electron chi connectivity index (χ4n) is 1.72. The smallest absolute Gasteiger partial charge is 0.223 e. The molecule has 94 valence electrons. The molecule has 0 saturated heterocycles. The van der Waals surface area contributed by atoms with E-state index in [4.69, 9.17) is 11.6 Å². The van der Waals surface area contributed by atoms with E-state index in [1.54, 1.807) is 6.33 Å². The summed E-state index contributed by atoms with van der Waals surface area (Å²) in [5, 5.41) is 2.89. The number of nitrogens with zero attached hydrogens (tertiary/aromatic N) is 4. The summed E-state index contributed by atoms with van der Waals surface area (Å²) in [5.41, 5.74) is 1.75. The van der Waals surface area contributed by atoms with Gasteiger partial charge in [-0.3, -0.25) is 0 Å². The van der Waals surface area contributed by atoms with Crippen molar-refractivity contribution in [3.05, 3.63) is 47.6 Å². The van der Waals surface area contributed by atoms with Gasteiger partial charge in [-0.1, -0.05) is 18.2 Å². The van der Waals surface area contributed by atoms with Crippen molar-refractivity contribution >= 4 is 34.3 Å². The number of aromatic nitrogens is 4. The van der Waals surface area contributed by atoms with Gasteiger partial charge in [0.15, 0.2) is 0 Å². The van der Waals surface area contributed by atoms with Crippen LogP contribution in [0.5, 0.6) is 0 Å². The van der Waals surface area contributed by atoms with Gasteiger partial charge in [0.25, 0.3) is 0 Å². The molecule has 0 aliphatic carbocycles. The molecule has 0 aliphatic rings. The lowest BCUT2D eigenvalue weighted by molar-refractivity contribution is 1.00. The Hall–Kier alpha value is -1.72. The molecule has 0 radical (unpaired) electrons. The van der Waals surface area contributed by atoms with Gasteiger partial charge in [-0.05, 0) is 42.4 Å². The number of hydrogen-bond donors (Lipinski definition) is 0. The molecule has 0 N–H and O–H groups in total. The summed E-state index contributed by atoms with van der Waals surface area (Å²) < 4.78 is 0. The van der Waals surface area contributed by atoms with Gasteiger partial charge >= 0.3 is 0 Å². The van der Waals surface area contributed by atoms with Gasteiger partial charge in [-0.25, -0.2) is 19.9 Å². The van der Waals surface area contributed by atoms with Crippen molar-refractivity contribution in [1.82, 2.24) is 19.9 Å². The van der Waals surface area contributed by atoms with Gasteiger partial charge < -0.3 is 0 Å². The van der Waals surface area contributed by atoms with Crippen molar-refractivity contribution in [3.8, 4) is 0 Å². The molecule has 2 aromatic heterocycles. The molecule has 0 atom stereocenters. The third-order valence-corrected chi connectivity index (χ3v) is 3.62. The third kappa shape index (κ3) is 2.67. The van der Waals surface area contributed by atoms with E-state index >= 15 is 0 Å². The molecule has 0 aliphatic heterocycles. The highest BCUT2D eigenvalue weighted by atomic mass is 35.5. The first-order valence-electron chi connectivity index (χ1n) is 5.61. The van der Waals surface area contributed by atoms with E-state index in [2.05, 4.69) is 19.9 Å². The summed E-state index contributed by atoms with van der Waals surface area (Å²) in [5.74, 6) is 0. The molecule has 0 saturated carbocycles. The average Bonchev–Trinajstić information content (AvgIpc) is 2.38. The second-order valence-corrected chi connectivity index (χ2v) is 5.26. The zero-order chi connectivity index (χ0) is 13.2. The molecule has 3 rings (SSSR count). The molecule has 0 amide bonds. The van der Waals surface area contributed by atoms with E-state index in [0.29, 0.717) is 0 Å². The highest BCUT2D eigenvalue weighted by Gasteiger charge is 2.07. The molecular weight excluding hydrogens is 280 g/mol. The molecule has 1 aromatic carbocycles.